The van der Waals surface area contributed by atoms with Crippen LogP contribution in [-0.4, -0.2) is 32.5 Å². The zero-order valence-corrected chi connectivity index (χ0v) is 14.2. The van der Waals surface area contributed by atoms with Crippen LogP contribution in [0.25, 0.3) is 22.1 Å². The molecule has 2 aromatic heterocycles. The number of fused-ring (bicyclic) bond motifs is 2. The summed E-state index contributed by atoms with van der Waals surface area (Å²) in [6, 6.07) is 14.0. The molecule has 1 aliphatic rings. The summed E-state index contributed by atoms with van der Waals surface area (Å²) in [6.07, 6.45) is 4.37. The van der Waals surface area contributed by atoms with Gasteiger partial charge in [0.1, 0.15) is 0 Å². The molecule has 130 valence electrons. The summed E-state index contributed by atoms with van der Waals surface area (Å²) < 4.78 is 7.19. The van der Waals surface area contributed by atoms with Gasteiger partial charge in [0.05, 0.1) is 22.6 Å². The minimum absolute atomic E-state index is 0.145. The second kappa shape index (κ2) is 6.07. The Balaban J connectivity index is 1.38. The molecule has 0 amide bonds. The van der Waals surface area contributed by atoms with E-state index in [2.05, 4.69) is 27.0 Å². The van der Waals surface area contributed by atoms with E-state index in [4.69, 9.17) is 4.42 Å². The van der Waals surface area contributed by atoms with E-state index in [1.165, 1.54) is 5.56 Å². The van der Waals surface area contributed by atoms with Crippen molar-refractivity contribution in [3.63, 3.8) is 0 Å². The Morgan fingerprint density at radius 3 is 2.85 bits per heavy atom. The number of rotatable bonds is 3. The number of oxazole rings is 1. The SMILES string of the molecule is O=c1oc2ccccc2n1C1CCN(Cc2ccc3nccnc3c2)C1. The van der Waals surface area contributed by atoms with E-state index >= 15 is 0 Å². The van der Waals surface area contributed by atoms with E-state index in [1.807, 2.05) is 30.3 Å². The van der Waals surface area contributed by atoms with Crippen LogP contribution in [0.15, 0.2) is 64.1 Å². The maximum Gasteiger partial charge on any atom is 0.420 e. The van der Waals surface area contributed by atoms with E-state index in [0.29, 0.717) is 5.58 Å². The molecule has 4 aromatic rings. The minimum atomic E-state index is -0.265. The predicted octanol–water partition coefficient (Wildman–Crippen LogP) is 2.98. The third kappa shape index (κ3) is 2.59. The van der Waals surface area contributed by atoms with Crippen LogP contribution in [0.1, 0.15) is 18.0 Å². The van der Waals surface area contributed by atoms with Crippen molar-refractivity contribution in [2.75, 3.05) is 13.1 Å². The third-order valence-corrected chi connectivity index (χ3v) is 5.07. The molecule has 0 bridgehead atoms. The Hall–Kier alpha value is -2.99. The van der Waals surface area contributed by atoms with Crippen LogP contribution in [-0.2, 0) is 6.54 Å². The molecule has 0 spiro atoms. The summed E-state index contributed by atoms with van der Waals surface area (Å²) in [5.74, 6) is -0.265. The van der Waals surface area contributed by atoms with Crippen LogP contribution in [0.4, 0.5) is 0 Å². The molecule has 1 aliphatic heterocycles. The first-order valence-electron chi connectivity index (χ1n) is 8.80. The molecule has 2 aromatic carbocycles. The Kier molecular flexibility index (Phi) is 3.57. The summed E-state index contributed by atoms with van der Waals surface area (Å²) in [5, 5.41) is 0. The molecule has 0 radical (unpaired) electrons. The van der Waals surface area contributed by atoms with E-state index in [1.54, 1.807) is 17.0 Å². The third-order valence-electron chi connectivity index (χ3n) is 5.07. The molecule has 0 N–H and O–H groups in total. The normalized spacial score (nSPS) is 18.1. The van der Waals surface area contributed by atoms with Gasteiger partial charge in [-0.3, -0.25) is 19.4 Å². The number of aromatic nitrogens is 3. The van der Waals surface area contributed by atoms with Gasteiger partial charge in [-0.1, -0.05) is 18.2 Å². The zero-order chi connectivity index (χ0) is 17.5. The molecule has 6 heteroatoms. The van der Waals surface area contributed by atoms with Gasteiger partial charge < -0.3 is 4.42 Å². The maximum absolute atomic E-state index is 12.3. The van der Waals surface area contributed by atoms with E-state index < -0.39 is 0 Å². The molecule has 6 nitrogen and oxygen atoms in total. The van der Waals surface area contributed by atoms with E-state index in [9.17, 15) is 4.79 Å². The summed E-state index contributed by atoms with van der Waals surface area (Å²) in [6.45, 7) is 2.63. The van der Waals surface area contributed by atoms with Crippen molar-refractivity contribution in [1.82, 2.24) is 19.4 Å². The van der Waals surface area contributed by atoms with Gasteiger partial charge in [0, 0.05) is 32.0 Å². The Bertz CT molecular complexity index is 1150. The molecule has 5 rings (SSSR count). The largest absolute Gasteiger partial charge is 0.420 e. The van der Waals surface area contributed by atoms with Gasteiger partial charge in [-0.15, -0.1) is 0 Å². The Morgan fingerprint density at radius 2 is 1.92 bits per heavy atom. The summed E-state index contributed by atoms with van der Waals surface area (Å²) in [7, 11) is 0. The first-order valence-corrected chi connectivity index (χ1v) is 8.80. The quantitative estimate of drug-likeness (QED) is 0.571. The zero-order valence-electron chi connectivity index (χ0n) is 14.2. The second-order valence-electron chi connectivity index (χ2n) is 6.76. The monoisotopic (exact) mass is 346 g/mol. The fraction of sp³-hybridized carbons (Fsp3) is 0.250. The fourth-order valence-electron chi connectivity index (χ4n) is 3.86. The number of benzene rings is 2. The average molecular weight is 346 g/mol. The van der Waals surface area contributed by atoms with Gasteiger partial charge in [0.15, 0.2) is 5.58 Å². The van der Waals surface area contributed by atoms with E-state index in [-0.39, 0.29) is 11.8 Å². The number of hydrogen-bond donors (Lipinski definition) is 0. The van der Waals surface area contributed by atoms with Crippen molar-refractivity contribution in [3.8, 4) is 0 Å². The van der Waals surface area contributed by atoms with Crippen LogP contribution < -0.4 is 5.76 Å². The summed E-state index contributed by atoms with van der Waals surface area (Å²) in [4.78, 5) is 23.4. The van der Waals surface area contributed by atoms with Crippen LogP contribution in [0.3, 0.4) is 0 Å². The highest BCUT2D eigenvalue weighted by Crippen LogP contribution is 2.26. The first-order chi connectivity index (χ1) is 12.8. The van der Waals surface area contributed by atoms with Crippen LogP contribution in [0.5, 0.6) is 0 Å². The molecular formula is C20H18N4O2. The van der Waals surface area contributed by atoms with Crippen molar-refractivity contribution in [1.29, 1.82) is 0 Å². The Morgan fingerprint density at radius 1 is 1.08 bits per heavy atom. The lowest BCUT2D eigenvalue weighted by Gasteiger charge is -2.16. The first kappa shape index (κ1) is 15.3. The second-order valence-corrected chi connectivity index (χ2v) is 6.76. The topological polar surface area (TPSA) is 64.2 Å². The Labute approximate surface area is 149 Å². The van der Waals surface area contributed by atoms with Crippen LogP contribution in [0, 0.1) is 0 Å². The van der Waals surface area contributed by atoms with Crippen molar-refractivity contribution in [3.05, 3.63) is 71.0 Å². The standard InChI is InChI=1S/C20H18N4O2/c25-20-24(18-3-1-2-4-19(18)26-20)15-7-10-23(13-15)12-14-5-6-16-17(11-14)22-9-8-21-16/h1-6,8-9,11,15H,7,10,12-13H2. The lowest BCUT2D eigenvalue weighted by atomic mass is 10.2. The highest BCUT2D eigenvalue weighted by molar-refractivity contribution is 5.74. The van der Waals surface area contributed by atoms with Gasteiger partial charge in [0.25, 0.3) is 0 Å². The van der Waals surface area contributed by atoms with Gasteiger partial charge in [-0.2, -0.15) is 0 Å². The van der Waals surface area contributed by atoms with Crippen molar-refractivity contribution in [2.45, 2.75) is 19.0 Å². The highest BCUT2D eigenvalue weighted by Gasteiger charge is 2.27. The van der Waals surface area contributed by atoms with Gasteiger partial charge in [-0.25, -0.2) is 4.79 Å². The van der Waals surface area contributed by atoms with E-state index in [0.717, 1.165) is 42.6 Å². The highest BCUT2D eigenvalue weighted by atomic mass is 16.4. The summed E-state index contributed by atoms with van der Waals surface area (Å²) in [5.41, 5.74) is 4.57. The molecule has 1 fully saturated rings. The fourth-order valence-corrected chi connectivity index (χ4v) is 3.86. The number of hydrogen-bond acceptors (Lipinski definition) is 5. The van der Waals surface area contributed by atoms with Crippen LogP contribution >= 0.6 is 0 Å². The average Bonchev–Trinajstić information content (AvgIpc) is 3.24. The predicted molar refractivity (Wildman–Crippen MR) is 98.9 cm³/mol. The van der Waals surface area contributed by atoms with Crippen molar-refractivity contribution in [2.24, 2.45) is 0 Å². The molecular weight excluding hydrogens is 328 g/mol. The van der Waals surface area contributed by atoms with Gasteiger partial charge >= 0.3 is 5.76 Å². The lowest BCUT2D eigenvalue weighted by molar-refractivity contribution is 0.313. The lowest BCUT2D eigenvalue weighted by Crippen LogP contribution is -2.25. The van der Waals surface area contributed by atoms with Crippen molar-refractivity contribution < 1.29 is 4.42 Å². The molecule has 1 unspecified atom stereocenters. The molecule has 1 saturated heterocycles. The van der Waals surface area contributed by atoms with Gasteiger partial charge in [0.2, 0.25) is 0 Å². The molecule has 3 heterocycles. The molecule has 0 aliphatic carbocycles. The van der Waals surface area contributed by atoms with Gasteiger partial charge in [-0.05, 0) is 36.2 Å². The number of nitrogens with zero attached hydrogens (tertiary/aromatic N) is 4. The summed E-state index contributed by atoms with van der Waals surface area (Å²) >= 11 is 0. The number of likely N-dealkylation sites (tertiary alicyclic amines) is 1. The minimum Gasteiger partial charge on any atom is -0.408 e. The molecule has 0 saturated carbocycles. The molecule has 26 heavy (non-hydrogen) atoms. The van der Waals surface area contributed by atoms with Crippen LogP contribution in [0.2, 0.25) is 0 Å². The maximum atomic E-state index is 12.3. The molecule has 1 atom stereocenters. The smallest absolute Gasteiger partial charge is 0.408 e. The number of para-hydroxylation sites is 2. The van der Waals surface area contributed by atoms with Crippen molar-refractivity contribution >= 4 is 22.1 Å².